The maximum atomic E-state index is 13.1. The number of aryl methyl sites for hydroxylation is 1. The second-order valence-electron chi connectivity index (χ2n) is 8.39. The molecule has 0 aliphatic carbocycles. The van der Waals surface area contributed by atoms with Gasteiger partial charge in [0, 0.05) is 47.6 Å². The molecule has 2 N–H and O–H groups in total. The summed E-state index contributed by atoms with van der Waals surface area (Å²) in [6.07, 6.45) is 4.10. The Morgan fingerprint density at radius 1 is 0.971 bits per heavy atom. The number of rotatable bonds is 10. The number of amides is 1. The number of benzene rings is 3. The van der Waals surface area contributed by atoms with Crippen molar-refractivity contribution in [1.82, 2.24) is 10.3 Å². The second-order valence-corrected chi connectivity index (χ2v) is 8.39. The van der Waals surface area contributed by atoms with Gasteiger partial charge in [-0.1, -0.05) is 61.5 Å². The lowest BCUT2D eigenvalue weighted by Gasteiger charge is -2.20. The Morgan fingerprint density at radius 3 is 2.53 bits per heavy atom. The number of methoxy groups -OCH3 is 2. The molecule has 1 amide bonds. The molecule has 34 heavy (non-hydrogen) atoms. The van der Waals surface area contributed by atoms with Gasteiger partial charge in [0.25, 0.3) is 0 Å². The van der Waals surface area contributed by atoms with Crippen molar-refractivity contribution < 1.29 is 14.3 Å². The van der Waals surface area contributed by atoms with E-state index >= 15 is 0 Å². The van der Waals surface area contributed by atoms with E-state index in [1.807, 2.05) is 42.6 Å². The first-order valence-corrected chi connectivity index (χ1v) is 11.8. The van der Waals surface area contributed by atoms with Gasteiger partial charge in [-0.2, -0.15) is 0 Å². The van der Waals surface area contributed by atoms with Crippen molar-refractivity contribution in [2.45, 2.75) is 32.1 Å². The summed E-state index contributed by atoms with van der Waals surface area (Å²) >= 11 is 0. The smallest absolute Gasteiger partial charge is 0.220 e. The van der Waals surface area contributed by atoms with E-state index in [-0.39, 0.29) is 11.8 Å². The average Bonchev–Trinajstić information content (AvgIpc) is 3.31. The van der Waals surface area contributed by atoms with Crippen LogP contribution in [-0.2, 0) is 17.6 Å². The third-order valence-corrected chi connectivity index (χ3v) is 6.37. The number of hydrogen-bond acceptors (Lipinski definition) is 3. The Hall–Kier alpha value is -3.73. The fourth-order valence-corrected chi connectivity index (χ4v) is 4.56. The molecule has 4 rings (SSSR count). The highest BCUT2D eigenvalue weighted by atomic mass is 16.5. The molecule has 1 aromatic heterocycles. The van der Waals surface area contributed by atoms with Crippen LogP contribution in [0, 0.1) is 0 Å². The van der Waals surface area contributed by atoms with Crippen LogP contribution in [0.3, 0.4) is 0 Å². The SMILES string of the molecule is CCc1cccc2c([C@@H](CC(=O)NCCc3ccccc3)c3ccc(OC)cc3OC)c[nH]c12. The summed E-state index contributed by atoms with van der Waals surface area (Å²) in [5.41, 5.74) is 5.65. The molecule has 0 bridgehead atoms. The molecule has 0 radical (unpaired) electrons. The molecule has 0 fully saturated rings. The van der Waals surface area contributed by atoms with Crippen LogP contribution in [0.4, 0.5) is 0 Å². The molecule has 0 aliphatic rings. The number of aromatic amines is 1. The lowest BCUT2D eigenvalue weighted by atomic mass is 9.87. The van der Waals surface area contributed by atoms with Gasteiger partial charge in [0.05, 0.1) is 14.2 Å². The molecule has 4 aromatic rings. The quantitative estimate of drug-likeness (QED) is 0.325. The molecule has 1 heterocycles. The first-order chi connectivity index (χ1) is 16.6. The van der Waals surface area contributed by atoms with Crippen molar-refractivity contribution in [2.24, 2.45) is 0 Å². The highest BCUT2D eigenvalue weighted by Gasteiger charge is 2.25. The van der Waals surface area contributed by atoms with Crippen molar-refractivity contribution in [2.75, 3.05) is 20.8 Å². The molecule has 5 heteroatoms. The molecule has 0 aliphatic heterocycles. The minimum atomic E-state index is -0.168. The van der Waals surface area contributed by atoms with Crippen LogP contribution in [0.5, 0.6) is 11.5 Å². The number of nitrogens with one attached hydrogen (secondary N) is 2. The molecule has 0 spiro atoms. The summed E-state index contributed by atoms with van der Waals surface area (Å²) in [6.45, 7) is 2.75. The van der Waals surface area contributed by atoms with Gasteiger partial charge in [-0.15, -0.1) is 0 Å². The van der Waals surface area contributed by atoms with E-state index < -0.39 is 0 Å². The molecule has 5 nitrogen and oxygen atoms in total. The number of carbonyl (C=O) groups excluding carboxylic acids is 1. The van der Waals surface area contributed by atoms with E-state index in [9.17, 15) is 4.79 Å². The van der Waals surface area contributed by atoms with Crippen LogP contribution >= 0.6 is 0 Å². The number of aromatic nitrogens is 1. The number of ether oxygens (including phenoxy) is 2. The third-order valence-electron chi connectivity index (χ3n) is 6.37. The Kier molecular flexibility index (Phi) is 7.53. The van der Waals surface area contributed by atoms with Crippen LogP contribution < -0.4 is 14.8 Å². The zero-order valence-electron chi connectivity index (χ0n) is 20.1. The summed E-state index contributed by atoms with van der Waals surface area (Å²) in [7, 11) is 3.29. The monoisotopic (exact) mass is 456 g/mol. The molecular formula is C29H32N2O3. The Labute approximate surface area is 201 Å². The van der Waals surface area contributed by atoms with Crippen molar-refractivity contribution >= 4 is 16.8 Å². The molecule has 0 saturated carbocycles. The maximum absolute atomic E-state index is 13.1. The zero-order valence-corrected chi connectivity index (χ0v) is 20.1. The first-order valence-electron chi connectivity index (χ1n) is 11.8. The first kappa shape index (κ1) is 23.4. The Bertz CT molecular complexity index is 1250. The number of fused-ring (bicyclic) bond motifs is 1. The lowest BCUT2D eigenvalue weighted by Crippen LogP contribution is -2.27. The van der Waals surface area contributed by atoms with Crippen molar-refractivity contribution in [3.8, 4) is 11.5 Å². The van der Waals surface area contributed by atoms with Crippen LogP contribution in [0.15, 0.2) is 72.9 Å². The minimum Gasteiger partial charge on any atom is -0.497 e. The van der Waals surface area contributed by atoms with Gasteiger partial charge in [-0.25, -0.2) is 0 Å². The average molecular weight is 457 g/mol. The summed E-state index contributed by atoms with van der Waals surface area (Å²) in [6, 6.07) is 22.3. The summed E-state index contributed by atoms with van der Waals surface area (Å²) in [5, 5.41) is 4.25. The highest BCUT2D eigenvalue weighted by Crippen LogP contribution is 2.39. The molecule has 0 unspecified atom stereocenters. The fourth-order valence-electron chi connectivity index (χ4n) is 4.56. The van der Waals surface area contributed by atoms with E-state index in [0.29, 0.717) is 18.7 Å². The van der Waals surface area contributed by atoms with E-state index in [0.717, 1.165) is 40.6 Å². The normalized spacial score (nSPS) is 11.9. The summed E-state index contributed by atoms with van der Waals surface area (Å²) < 4.78 is 11.1. The number of H-pyrrole nitrogens is 1. The second kappa shape index (κ2) is 10.9. The van der Waals surface area contributed by atoms with Gasteiger partial charge < -0.3 is 19.8 Å². The fraction of sp³-hybridized carbons (Fsp3) is 0.276. The van der Waals surface area contributed by atoms with Gasteiger partial charge in [0.15, 0.2) is 0 Å². The molecule has 3 aromatic carbocycles. The number of hydrogen-bond donors (Lipinski definition) is 2. The van der Waals surface area contributed by atoms with Gasteiger partial charge in [0.2, 0.25) is 5.91 Å². The van der Waals surface area contributed by atoms with Crippen LogP contribution in [-0.4, -0.2) is 31.7 Å². The third kappa shape index (κ3) is 5.09. The predicted molar refractivity (Wildman–Crippen MR) is 137 cm³/mol. The molecule has 176 valence electrons. The van der Waals surface area contributed by atoms with Crippen molar-refractivity contribution in [1.29, 1.82) is 0 Å². The van der Waals surface area contributed by atoms with E-state index in [4.69, 9.17) is 9.47 Å². The van der Waals surface area contributed by atoms with E-state index in [2.05, 4.69) is 47.6 Å². The maximum Gasteiger partial charge on any atom is 0.220 e. The van der Waals surface area contributed by atoms with Crippen LogP contribution in [0.1, 0.15) is 41.5 Å². The highest BCUT2D eigenvalue weighted by molar-refractivity contribution is 5.88. The van der Waals surface area contributed by atoms with Gasteiger partial charge in [-0.05, 0) is 35.6 Å². The Balaban J connectivity index is 1.64. The van der Waals surface area contributed by atoms with Gasteiger partial charge >= 0.3 is 0 Å². The lowest BCUT2D eigenvalue weighted by molar-refractivity contribution is -0.121. The molecular weight excluding hydrogens is 424 g/mol. The van der Waals surface area contributed by atoms with E-state index in [1.165, 1.54) is 11.1 Å². The topological polar surface area (TPSA) is 63.4 Å². The van der Waals surface area contributed by atoms with Gasteiger partial charge in [0.1, 0.15) is 11.5 Å². The van der Waals surface area contributed by atoms with E-state index in [1.54, 1.807) is 14.2 Å². The van der Waals surface area contributed by atoms with Crippen LogP contribution in [0.25, 0.3) is 10.9 Å². The Morgan fingerprint density at radius 2 is 1.79 bits per heavy atom. The standard InChI is InChI=1S/C29H32N2O3/c1-4-21-11-8-12-24-26(19-31-29(21)24)25(23-14-13-22(33-2)17-27(23)34-3)18-28(32)30-16-15-20-9-6-5-7-10-20/h5-14,17,19,25,31H,4,15-16,18H2,1-3H3,(H,30,32)/t25-/m0/s1. The largest absolute Gasteiger partial charge is 0.497 e. The van der Waals surface area contributed by atoms with Crippen molar-refractivity contribution in [3.63, 3.8) is 0 Å². The predicted octanol–water partition coefficient (Wildman–Crippen LogP) is 5.63. The minimum absolute atomic E-state index is 0.0137. The summed E-state index contributed by atoms with van der Waals surface area (Å²) in [5.74, 6) is 1.28. The number of para-hydroxylation sites is 1. The van der Waals surface area contributed by atoms with Crippen LogP contribution in [0.2, 0.25) is 0 Å². The summed E-state index contributed by atoms with van der Waals surface area (Å²) in [4.78, 5) is 16.6. The number of carbonyl (C=O) groups is 1. The molecule has 1 atom stereocenters. The van der Waals surface area contributed by atoms with Gasteiger partial charge in [-0.3, -0.25) is 4.79 Å². The molecule has 0 saturated heterocycles. The zero-order chi connectivity index (χ0) is 23.9. The van der Waals surface area contributed by atoms with Crippen molar-refractivity contribution in [3.05, 3.63) is 95.2 Å².